The van der Waals surface area contributed by atoms with Crippen molar-refractivity contribution in [3.05, 3.63) is 0 Å². The van der Waals surface area contributed by atoms with Crippen molar-refractivity contribution in [3.8, 4) is 0 Å². The van der Waals surface area contributed by atoms with Crippen LogP contribution in [0.2, 0.25) is 0 Å². The molecule has 4 N–H and O–H groups in total. The van der Waals surface area contributed by atoms with Crippen LogP contribution in [0.3, 0.4) is 0 Å². The van der Waals surface area contributed by atoms with Crippen molar-refractivity contribution in [2.45, 2.75) is 51.1 Å². The number of hydrogen-bond donors (Lipinski definition) is 3. The molecule has 0 aromatic rings. The summed E-state index contributed by atoms with van der Waals surface area (Å²) < 4.78 is 0. The summed E-state index contributed by atoms with van der Waals surface area (Å²) in [5.41, 5.74) is 5.67. The van der Waals surface area contributed by atoms with Crippen molar-refractivity contribution < 1.29 is 14.7 Å². The average molecular weight is 228 g/mol. The van der Waals surface area contributed by atoms with E-state index in [2.05, 4.69) is 5.32 Å². The van der Waals surface area contributed by atoms with Crippen LogP contribution in [0.25, 0.3) is 0 Å². The van der Waals surface area contributed by atoms with E-state index in [1.807, 2.05) is 6.92 Å². The molecular formula is C11H20N2O3. The second-order valence-corrected chi connectivity index (χ2v) is 4.42. The molecule has 1 fully saturated rings. The number of carbonyl (C=O) groups is 2. The summed E-state index contributed by atoms with van der Waals surface area (Å²) >= 11 is 0. The lowest BCUT2D eigenvalue weighted by atomic mass is 10.0. The number of carboxylic acid groups (broad SMARTS) is 1. The first-order valence-corrected chi connectivity index (χ1v) is 5.82. The normalized spacial score (nSPS) is 26.4. The molecule has 0 spiro atoms. The maximum absolute atomic E-state index is 11.6. The van der Waals surface area contributed by atoms with E-state index in [0.29, 0.717) is 6.42 Å². The minimum atomic E-state index is -0.817. The first-order valence-electron chi connectivity index (χ1n) is 5.82. The molecular weight excluding hydrogens is 208 g/mol. The molecule has 1 aliphatic rings. The monoisotopic (exact) mass is 228 g/mol. The summed E-state index contributed by atoms with van der Waals surface area (Å²) in [6.45, 7) is 1.92. The molecule has 5 nitrogen and oxygen atoms in total. The Labute approximate surface area is 95.4 Å². The second-order valence-electron chi connectivity index (χ2n) is 4.42. The van der Waals surface area contributed by atoms with E-state index in [1.54, 1.807) is 0 Å². The van der Waals surface area contributed by atoms with Gasteiger partial charge < -0.3 is 16.2 Å². The van der Waals surface area contributed by atoms with Gasteiger partial charge in [-0.05, 0) is 19.3 Å². The molecule has 1 aliphatic carbocycles. The zero-order valence-electron chi connectivity index (χ0n) is 9.61. The first-order chi connectivity index (χ1) is 7.54. The standard InChI is InChI=1S/C11H20N2O3/c1-2-7(12)6-10(14)13-9-5-3-4-8(9)11(15)16/h7-9H,2-6,12H2,1H3,(H,13,14)(H,15,16). The molecule has 1 rings (SSSR count). The number of carboxylic acids is 1. The topological polar surface area (TPSA) is 92.4 Å². The summed E-state index contributed by atoms with van der Waals surface area (Å²) in [6, 6.07) is -0.348. The van der Waals surface area contributed by atoms with Gasteiger partial charge in [0, 0.05) is 18.5 Å². The fraction of sp³-hybridized carbons (Fsp3) is 0.818. The van der Waals surface area contributed by atoms with Crippen LogP contribution in [-0.4, -0.2) is 29.1 Å². The summed E-state index contributed by atoms with van der Waals surface area (Å²) in [4.78, 5) is 22.4. The number of nitrogens with one attached hydrogen (secondary N) is 1. The number of nitrogens with two attached hydrogens (primary N) is 1. The van der Waals surface area contributed by atoms with E-state index in [9.17, 15) is 9.59 Å². The molecule has 0 radical (unpaired) electrons. The Morgan fingerprint density at radius 3 is 2.75 bits per heavy atom. The largest absolute Gasteiger partial charge is 0.481 e. The zero-order valence-corrected chi connectivity index (χ0v) is 9.61. The SMILES string of the molecule is CCC(N)CC(=O)NC1CCCC1C(=O)O. The van der Waals surface area contributed by atoms with Crippen molar-refractivity contribution in [2.75, 3.05) is 0 Å². The molecule has 0 bridgehead atoms. The van der Waals surface area contributed by atoms with E-state index in [4.69, 9.17) is 10.8 Å². The molecule has 0 saturated heterocycles. The van der Waals surface area contributed by atoms with Gasteiger partial charge in [0.25, 0.3) is 0 Å². The third-order valence-corrected chi connectivity index (χ3v) is 3.15. The van der Waals surface area contributed by atoms with E-state index >= 15 is 0 Å². The molecule has 1 saturated carbocycles. The Morgan fingerprint density at radius 1 is 1.50 bits per heavy atom. The van der Waals surface area contributed by atoms with Gasteiger partial charge in [-0.15, -0.1) is 0 Å². The molecule has 0 heterocycles. The lowest BCUT2D eigenvalue weighted by molar-refractivity contribution is -0.142. The van der Waals surface area contributed by atoms with Gasteiger partial charge in [0.05, 0.1) is 5.92 Å². The number of amides is 1. The highest BCUT2D eigenvalue weighted by Crippen LogP contribution is 2.25. The van der Waals surface area contributed by atoms with Gasteiger partial charge in [-0.2, -0.15) is 0 Å². The number of hydrogen-bond acceptors (Lipinski definition) is 3. The van der Waals surface area contributed by atoms with Crippen LogP contribution >= 0.6 is 0 Å². The number of aliphatic carboxylic acids is 1. The Hall–Kier alpha value is -1.10. The molecule has 0 aromatic carbocycles. The molecule has 92 valence electrons. The van der Waals surface area contributed by atoms with Gasteiger partial charge in [-0.1, -0.05) is 13.3 Å². The van der Waals surface area contributed by atoms with Crippen LogP contribution in [0.5, 0.6) is 0 Å². The Balaban J connectivity index is 2.41. The van der Waals surface area contributed by atoms with Crippen molar-refractivity contribution in [1.29, 1.82) is 0 Å². The predicted octanol–water partition coefficient (Wildman–Crippen LogP) is 0.483. The second kappa shape index (κ2) is 5.84. The molecule has 0 aromatic heterocycles. The lowest BCUT2D eigenvalue weighted by Gasteiger charge is -2.18. The third kappa shape index (κ3) is 3.48. The highest BCUT2D eigenvalue weighted by molar-refractivity contribution is 5.78. The van der Waals surface area contributed by atoms with Crippen LogP contribution in [0.1, 0.15) is 39.0 Å². The van der Waals surface area contributed by atoms with Crippen LogP contribution in [0.15, 0.2) is 0 Å². The third-order valence-electron chi connectivity index (χ3n) is 3.15. The summed E-state index contributed by atoms with van der Waals surface area (Å²) in [7, 11) is 0. The van der Waals surface area contributed by atoms with Gasteiger partial charge in [0.2, 0.25) is 5.91 Å². The van der Waals surface area contributed by atoms with E-state index in [0.717, 1.165) is 19.3 Å². The van der Waals surface area contributed by atoms with Crippen LogP contribution < -0.4 is 11.1 Å². The first kappa shape index (κ1) is 13.0. The molecule has 3 unspecified atom stereocenters. The molecule has 0 aliphatic heterocycles. The maximum atomic E-state index is 11.6. The fourth-order valence-corrected chi connectivity index (χ4v) is 2.08. The van der Waals surface area contributed by atoms with Gasteiger partial charge in [0.15, 0.2) is 0 Å². The molecule has 5 heteroatoms. The number of rotatable bonds is 5. The van der Waals surface area contributed by atoms with Gasteiger partial charge in [-0.25, -0.2) is 0 Å². The quantitative estimate of drug-likeness (QED) is 0.638. The highest BCUT2D eigenvalue weighted by atomic mass is 16.4. The van der Waals surface area contributed by atoms with Crippen molar-refractivity contribution in [3.63, 3.8) is 0 Å². The summed E-state index contributed by atoms with van der Waals surface area (Å²) in [5.74, 6) is -1.38. The van der Waals surface area contributed by atoms with Crippen LogP contribution in [0, 0.1) is 5.92 Å². The zero-order chi connectivity index (χ0) is 12.1. The van der Waals surface area contributed by atoms with E-state index in [1.165, 1.54) is 0 Å². The lowest BCUT2D eigenvalue weighted by Crippen LogP contribution is -2.42. The Morgan fingerprint density at radius 2 is 2.19 bits per heavy atom. The molecule has 3 atom stereocenters. The minimum absolute atomic E-state index is 0.132. The van der Waals surface area contributed by atoms with Crippen LogP contribution in [-0.2, 0) is 9.59 Å². The van der Waals surface area contributed by atoms with Crippen molar-refractivity contribution in [2.24, 2.45) is 11.7 Å². The molecule has 16 heavy (non-hydrogen) atoms. The fourth-order valence-electron chi connectivity index (χ4n) is 2.08. The van der Waals surface area contributed by atoms with Gasteiger partial charge in [-0.3, -0.25) is 9.59 Å². The van der Waals surface area contributed by atoms with E-state index < -0.39 is 11.9 Å². The van der Waals surface area contributed by atoms with E-state index in [-0.39, 0.29) is 24.4 Å². The Kier molecular flexibility index (Phi) is 4.73. The smallest absolute Gasteiger partial charge is 0.308 e. The summed E-state index contributed by atoms with van der Waals surface area (Å²) in [6.07, 6.45) is 3.30. The Bertz CT molecular complexity index is 268. The maximum Gasteiger partial charge on any atom is 0.308 e. The average Bonchev–Trinajstić information content (AvgIpc) is 2.65. The van der Waals surface area contributed by atoms with Gasteiger partial charge >= 0.3 is 5.97 Å². The predicted molar refractivity (Wildman–Crippen MR) is 59.8 cm³/mol. The minimum Gasteiger partial charge on any atom is -0.481 e. The van der Waals surface area contributed by atoms with Crippen molar-refractivity contribution in [1.82, 2.24) is 5.32 Å². The number of carbonyl (C=O) groups excluding carboxylic acids is 1. The highest BCUT2D eigenvalue weighted by Gasteiger charge is 2.33. The van der Waals surface area contributed by atoms with Gasteiger partial charge in [0.1, 0.15) is 0 Å². The summed E-state index contributed by atoms with van der Waals surface area (Å²) in [5, 5.41) is 11.7. The van der Waals surface area contributed by atoms with Crippen molar-refractivity contribution >= 4 is 11.9 Å². The van der Waals surface area contributed by atoms with Crippen LogP contribution in [0.4, 0.5) is 0 Å². The molecule has 1 amide bonds.